The molecule has 0 bridgehead atoms. The number of rotatable bonds is 4. The predicted octanol–water partition coefficient (Wildman–Crippen LogP) is 3.24. The molecule has 6 heteroatoms. The molecule has 1 aliphatic rings. The van der Waals surface area contributed by atoms with Crippen LogP contribution in [0.5, 0.6) is 0 Å². The van der Waals surface area contributed by atoms with Crippen LogP contribution in [0.3, 0.4) is 0 Å². The van der Waals surface area contributed by atoms with Crippen molar-refractivity contribution >= 4 is 5.69 Å². The van der Waals surface area contributed by atoms with Gasteiger partial charge in [0.1, 0.15) is 5.76 Å². The number of hydrogen-bond donors (Lipinski definition) is 0. The molecular weight excluding hydrogens is 270 g/mol. The Labute approximate surface area is 122 Å². The molecule has 0 aliphatic carbocycles. The molecule has 1 aromatic heterocycles. The van der Waals surface area contributed by atoms with Gasteiger partial charge in [0.25, 0.3) is 5.69 Å². The molecule has 1 saturated heterocycles. The molecule has 3 rings (SSSR count). The standard InChI is InChI=1S/C15H17N3O3/c19-18(20)13-6-4-12(5-7-13)15-16-10-14(21-15)11-17-8-2-1-3-9-17/h4-7,10H,1-3,8-9,11H2. The highest BCUT2D eigenvalue weighted by Crippen LogP contribution is 2.23. The second-order valence-corrected chi connectivity index (χ2v) is 5.27. The Hall–Kier alpha value is -2.21. The molecular formula is C15H17N3O3. The number of nitrogens with zero attached hydrogens (tertiary/aromatic N) is 3. The molecule has 0 saturated carbocycles. The van der Waals surface area contributed by atoms with E-state index in [0.717, 1.165) is 31.0 Å². The van der Waals surface area contributed by atoms with Crippen molar-refractivity contribution in [2.24, 2.45) is 0 Å². The third kappa shape index (κ3) is 3.28. The molecule has 0 atom stereocenters. The molecule has 1 fully saturated rings. The molecule has 1 aliphatic heterocycles. The number of oxazole rings is 1. The first-order chi connectivity index (χ1) is 10.2. The predicted molar refractivity (Wildman–Crippen MR) is 77.7 cm³/mol. The zero-order chi connectivity index (χ0) is 14.7. The van der Waals surface area contributed by atoms with Crippen LogP contribution in [0.1, 0.15) is 25.0 Å². The lowest BCUT2D eigenvalue weighted by atomic mass is 10.1. The number of nitro groups is 1. The van der Waals surface area contributed by atoms with Gasteiger partial charge in [-0.15, -0.1) is 0 Å². The Morgan fingerprint density at radius 1 is 1.19 bits per heavy atom. The van der Waals surface area contributed by atoms with E-state index >= 15 is 0 Å². The van der Waals surface area contributed by atoms with E-state index < -0.39 is 4.92 Å². The number of likely N-dealkylation sites (tertiary alicyclic amines) is 1. The molecule has 2 heterocycles. The summed E-state index contributed by atoms with van der Waals surface area (Å²) in [6.45, 7) is 2.99. The largest absolute Gasteiger partial charge is 0.440 e. The third-order valence-corrected chi connectivity index (χ3v) is 3.71. The minimum absolute atomic E-state index is 0.0684. The number of non-ortho nitro benzene ring substituents is 1. The number of aromatic nitrogens is 1. The van der Waals surface area contributed by atoms with E-state index in [1.54, 1.807) is 18.3 Å². The van der Waals surface area contributed by atoms with Gasteiger partial charge in [0.2, 0.25) is 5.89 Å². The summed E-state index contributed by atoms with van der Waals surface area (Å²) in [4.78, 5) is 16.8. The Bertz CT molecular complexity index is 615. The van der Waals surface area contributed by atoms with Crippen molar-refractivity contribution in [1.82, 2.24) is 9.88 Å². The van der Waals surface area contributed by atoms with Crippen molar-refractivity contribution in [2.45, 2.75) is 25.8 Å². The van der Waals surface area contributed by atoms with Gasteiger partial charge < -0.3 is 4.42 Å². The molecule has 2 aromatic rings. The summed E-state index contributed by atoms with van der Waals surface area (Å²) in [6.07, 6.45) is 5.53. The van der Waals surface area contributed by atoms with Gasteiger partial charge in [-0.05, 0) is 38.1 Å². The normalized spacial score (nSPS) is 16.0. The zero-order valence-corrected chi connectivity index (χ0v) is 11.7. The summed E-state index contributed by atoms with van der Waals surface area (Å²) in [5.41, 5.74) is 0.823. The van der Waals surface area contributed by atoms with E-state index in [1.165, 1.54) is 31.4 Å². The minimum Gasteiger partial charge on any atom is -0.440 e. The fourth-order valence-corrected chi connectivity index (χ4v) is 2.58. The third-order valence-electron chi connectivity index (χ3n) is 3.71. The summed E-state index contributed by atoms with van der Waals surface area (Å²) in [6, 6.07) is 6.25. The lowest BCUT2D eigenvalue weighted by Crippen LogP contribution is -2.28. The molecule has 110 valence electrons. The number of hydrogen-bond acceptors (Lipinski definition) is 5. The molecule has 0 amide bonds. The Balaban J connectivity index is 1.70. The van der Waals surface area contributed by atoms with Crippen molar-refractivity contribution < 1.29 is 9.34 Å². The van der Waals surface area contributed by atoms with Crippen LogP contribution in [-0.4, -0.2) is 27.9 Å². The van der Waals surface area contributed by atoms with E-state index in [2.05, 4.69) is 9.88 Å². The second-order valence-electron chi connectivity index (χ2n) is 5.27. The first-order valence-electron chi connectivity index (χ1n) is 7.14. The number of piperidine rings is 1. The molecule has 0 spiro atoms. The van der Waals surface area contributed by atoms with Crippen molar-refractivity contribution in [3.8, 4) is 11.5 Å². The van der Waals surface area contributed by atoms with E-state index in [-0.39, 0.29) is 5.69 Å². The molecule has 1 aromatic carbocycles. The van der Waals surface area contributed by atoms with Crippen molar-refractivity contribution in [1.29, 1.82) is 0 Å². The summed E-state index contributed by atoms with van der Waals surface area (Å²) in [7, 11) is 0. The van der Waals surface area contributed by atoms with Gasteiger partial charge in [0, 0.05) is 17.7 Å². The maximum absolute atomic E-state index is 10.6. The van der Waals surface area contributed by atoms with Crippen molar-refractivity contribution in [3.63, 3.8) is 0 Å². The van der Waals surface area contributed by atoms with E-state index in [4.69, 9.17) is 4.42 Å². The Morgan fingerprint density at radius 3 is 2.57 bits per heavy atom. The second kappa shape index (κ2) is 6.05. The van der Waals surface area contributed by atoms with E-state index in [9.17, 15) is 10.1 Å². The lowest BCUT2D eigenvalue weighted by Gasteiger charge is -2.24. The van der Waals surface area contributed by atoms with Gasteiger partial charge in [0.15, 0.2) is 0 Å². The fraction of sp³-hybridized carbons (Fsp3) is 0.400. The van der Waals surface area contributed by atoms with Gasteiger partial charge in [-0.1, -0.05) is 6.42 Å². The number of nitro benzene ring substituents is 1. The first kappa shape index (κ1) is 13.8. The van der Waals surface area contributed by atoms with Gasteiger partial charge in [-0.3, -0.25) is 15.0 Å². The van der Waals surface area contributed by atoms with Crippen LogP contribution >= 0.6 is 0 Å². The average Bonchev–Trinajstić information content (AvgIpc) is 2.97. The summed E-state index contributed by atoms with van der Waals surface area (Å²) in [5, 5.41) is 10.6. The molecule has 0 radical (unpaired) electrons. The minimum atomic E-state index is -0.416. The topological polar surface area (TPSA) is 72.4 Å². The maximum Gasteiger partial charge on any atom is 0.269 e. The summed E-state index contributed by atoms with van der Waals surface area (Å²) >= 11 is 0. The van der Waals surface area contributed by atoms with Gasteiger partial charge in [-0.25, -0.2) is 4.98 Å². The highest BCUT2D eigenvalue weighted by molar-refractivity contribution is 5.55. The highest BCUT2D eigenvalue weighted by Gasteiger charge is 2.14. The van der Waals surface area contributed by atoms with Crippen LogP contribution in [-0.2, 0) is 6.54 Å². The van der Waals surface area contributed by atoms with E-state index in [0.29, 0.717) is 5.89 Å². The SMILES string of the molecule is O=[N+]([O-])c1ccc(-c2ncc(CN3CCCCC3)o2)cc1. The molecule has 0 unspecified atom stereocenters. The quantitative estimate of drug-likeness (QED) is 0.637. The Morgan fingerprint density at radius 2 is 1.90 bits per heavy atom. The molecule has 0 N–H and O–H groups in total. The Kier molecular flexibility index (Phi) is 3.96. The van der Waals surface area contributed by atoms with Crippen LogP contribution in [0, 0.1) is 10.1 Å². The monoisotopic (exact) mass is 287 g/mol. The lowest BCUT2D eigenvalue weighted by molar-refractivity contribution is -0.384. The molecule has 6 nitrogen and oxygen atoms in total. The van der Waals surface area contributed by atoms with Gasteiger partial charge in [-0.2, -0.15) is 0 Å². The van der Waals surface area contributed by atoms with Crippen LogP contribution in [0.2, 0.25) is 0 Å². The average molecular weight is 287 g/mol. The maximum atomic E-state index is 10.6. The van der Waals surface area contributed by atoms with Gasteiger partial charge in [0.05, 0.1) is 17.7 Å². The summed E-state index contributed by atoms with van der Waals surface area (Å²) < 4.78 is 5.75. The van der Waals surface area contributed by atoms with Gasteiger partial charge >= 0.3 is 0 Å². The van der Waals surface area contributed by atoms with Crippen LogP contribution in [0.4, 0.5) is 5.69 Å². The highest BCUT2D eigenvalue weighted by atomic mass is 16.6. The van der Waals surface area contributed by atoms with E-state index in [1.807, 2.05) is 0 Å². The van der Waals surface area contributed by atoms with Crippen LogP contribution in [0.25, 0.3) is 11.5 Å². The smallest absolute Gasteiger partial charge is 0.269 e. The molecule has 21 heavy (non-hydrogen) atoms. The zero-order valence-electron chi connectivity index (χ0n) is 11.7. The fourth-order valence-electron chi connectivity index (χ4n) is 2.58. The van der Waals surface area contributed by atoms with Crippen LogP contribution < -0.4 is 0 Å². The van der Waals surface area contributed by atoms with Crippen molar-refractivity contribution in [3.05, 3.63) is 46.3 Å². The summed E-state index contributed by atoms with van der Waals surface area (Å²) in [5.74, 6) is 1.35. The number of benzene rings is 1. The first-order valence-corrected chi connectivity index (χ1v) is 7.14. The van der Waals surface area contributed by atoms with Crippen LogP contribution in [0.15, 0.2) is 34.9 Å². The van der Waals surface area contributed by atoms with Crippen molar-refractivity contribution in [2.75, 3.05) is 13.1 Å².